The van der Waals surface area contributed by atoms with Crippen molar-refractivity contribution in [2.45, 2.75) is 6.92 Å². The van der Waals surface area contributed by atoms with Crippen LogP contribution in [-0.2, 0) is 0 Å². The maximum Gasteiger partial charge on any atom is 0.315 e. The number of non-ortho nitro benzene ring substituents is 1. The Morgan fingerprint density at radius 3 is 2.00 bits per heavy atom. The minimum absolute atomic E-state index is 0.384. The first kappa shape index (κ1) is 21.6. The average molecular weight is 418 g/mol. The van der Waals surface area contributed by atoms with Gasteiger partial charge in [0.1, 0.15) is 0 Å². The first-order chi connectivity index (χ1) is 14.2. The monoisotopic (exact) mass is 418 g/mol. The van der Waals surface area contributed by atoms with E-state index in [0.29, 0.717) is 24.0 Å². The second-order valence-electron chi connectivity index (χ2n) is 5.26. The van der Waals surface area contributed by atoms with E-state index in [0.717, 1.165) is 12.1 Å². The van der Waals surface area contributed by atoms with E-state index in [4.69, 9.17) is 4.42 Å². The smallest absolute Gasteiger partial charge is 0.315 e. The summed E-state index contributed by atoms with van der Waals surface area (Å²) in [6.07, 6.45) is 3.37. The summed E-state index contributed by atoms with van der Waals surface area (Å²) >= 11 is 0. The third-order valence-corrected chi connectivity index (χ3v) is 3.32. The molecule has 0 saturated heterocycles. The number of nitrogens with zero attached hydrogens (tertiary/aromatic N) is 6. The lowest BCUT2D eigenvalue weighted by Gasteiger charge is -2.06. The van der Waals surface area contributed by atoms with Gasteiger partial charge >= 0.3 is 6.01 Å². The number of nitro benzene ring substituents is 3. The lowest BCUT2D eigenvalue weighted by molar-refractivity contribution is -0.420. The van der Waals surface area contributed by atoms with Crippen molar-refractivity contribution < 1.29 is 24.3 Å². The van der Waals surface area contributed by atoms with Crippen LogP contribution in [-0.4, -0.2) is 36.5 Å². The van der Waals surface area contributed by atoms with E-state index in [-0.39, 0.29) is 0 Å². The van der Waals surface area contributed by atoms with Crippen molar-refractivity contribution in [3.05, 3.63) is 67.0 Å². The molecule has 0 saturated carbocycles. The molecule has 15 nitrogen and oxygen atoms in total. The zero-order valence-electron chi connectivity index (χ0n) is 15.1. The van der Waals surface area contributed by atoms with Crippen LogP contribution >= 0.6 is 0 Å². The molecule has 0 bridgehead atoms. The molecule has 2 heterocycles. The van der Waals surface area contributed by atoms with E-state index in [2.05, 4.69) is 20.5 Å². The maximum atomic E-state index is 11.1. The number of nitrogens with one attached hydrogen (secondary N) is 1. The lowest BCUT2D eigenvalue weighted by Crippen LogP contribution is -2.04. The minimum Gasteiger partial charge on any atom is -0.863 e. The van der Waals surface area contributed by atoms with Crippen molar-refractivity contribution in [2.24, 2.45) is 0 Å². The molecule has 15 heteroatoms. The molecule has 30 heavy (non-hydrogen) atoms. The van der Waals surface area contributed by atoms with E-state index in [1.165, 1.54) is 0 Å². The van der Waals surface area contributed by atoms with Gasteiger partial charge in [0.25, 0.3) is 17.1 Å². The molecule has 0 radical (unpaired) electrons. The van der Waals surface area contributed by atoms with Gasteiger partial charge in [-0.2, -0.15) is 0 Å². The van der Waals surface area contributed by atoms with Crippen molar-refractivity contribution in [2.75, 3.05) is 11.9 Å². The Kier molecular flexibility index (Phi) is 6.83. The van der Waals surface area contributed by atoms with E-state index in [1.54, 1.807) is 12.4 Å². The summed E-state index contributed by atoms with van der Waals surface area (Å²) in [7, 11) is 0. The van der Waals surface area contributed by atoms with Crippen LogP contribution in [0.4, 0.5) is 23.1 Å². The molecule has 0 aliphatic rings. The highest BCUT2D eigenvalue weighted by molar-refractivity contribution is 5.64. The fourth-order valence-electron chi connectivity index (χ4n) is 2.02. The van der Waals surface area contributed by atoms with E-state index < -0.39 is 37.6 Å². The largest absolute Gasteiger partial charge is 0.863 e. The molecule has 1 N–H and O–H groups in total. The molecule has 0 aliphatic carbocycles. The standard InChI is InChI=1S/C9H10N4O.C6H3N3O7/c1-2-11-9-13-12-8(14-9)7-3-5-10-6-4-7;10-6-4(8(13)14)1-3(7(11)12)2-5(6)9(15)16/h3-6H,2H2,1H3,(H,11,13);1-2,10H/p-1. The van der Waals surface area contributed by atoms with Crippen molar-refractivity contribution in [1.29, 1.82) is 0 Å². The Bertz CT molecular complexity index is 1030. The first-order valence-corrected chi connectivity index (χ1v) is 8.00. The van der Waals surface area contributed by atoms with Gasteiger partial charge < -0.3 is 14.8 Å². The second-order valence-corrected chi connectivity index (χ2v) is 5.26. The molecular weight excluding hydrogens is 406 g/mol. The number of hydrogen-bond acceptors (Lipinski definition) is 12. The first-order valence-electron chi connectivity index (χ1n) is 8.00. The molecule has 0 aliphatic heterocycles. The summed E-state index contributed by atoms with van der Waals surface area (Å²) in [4.78, 5) is 31.4. The SMILES string of the molecule is CCNc1nnc(-c2ccncc2)o1.O=[N+]([O-])c1cc([N+](=O)[O-])c([O-])c([N+](=O)[O-])c1. The van der Waals surface area contributed by atoms with Crippen molar-refractivity contribution in [3.63, 3.8) is 0 Å². The van der Waals surface area contributed by atoms with Gasteiger partial charge in [-0.05, 0) is 19.1 Å². The molecule has 156 valence electrons. The van der Waals surface area contributed by atoms with E-state index in [1.807, 2.05) is 19.1 Å². The van der Waals surface area contributed by atoms with Crippen LogP contribution in [0.1, 0.15) is 6.92 Å². The van der Waals surface area contributed by atoms with Gasteiger partial charge in [-0.15, -0.1) is 5.10 Å². The van der Waals surface area contributed by atoms with Crippen LogP contribution < -0.4 is 10.4 Å². The number of benzene rings is 1. The van der Waals surface area contributed by atoms with E-state index in [9.17, 15) is 35.4 Å². The highest BCUT2D eigenvalue weighted by Crippen LogP contribution is 2.36. The van der Waals surface area contributed by atoms with Crippen LogP contribution in [0.3, 0.4) is 0 Å². The molecule has 0 amide bonds. The average Bonchev–Trinajstić information content (AvgIpc) is 3.17. The zero-order chi connectivity index (χ0) is 22.3. The maximum absolute atomic E-state index is 11.1. The second kappa shape index (κ2) is 9.49. The molecule has 1 aromatic carbocycles. The molecule has 0 fully saturated rings. The number of anilines is 1. The highest BCUT2D eigenvalue weighted by Gasteiger charge is 2.24. The Morgan fingerprint density at radius 1 is 0.967 bits per heavy atom. The summed E-state index contributed by atoms with van der Waals surface area (Å²) in [5.41, 5.74) is -2.39. The van der Waals surface area contributed by atoms with Gasteiger partial charge in [0, 0.05) is 24.5 Å². The molecule has 0 unspecified atom stereocenters. The van der Waals surface area contributed by atoms with Crippen molar-refractivity contribution in [3.8, 4) is 17.2 Å². The Balaban J connectivity index is 0.000000215. The Labute approximate surface area is 166 Å². The summed E-state index contributed by atoms with van der Waals surface area (Å²) in [5.74, 6) is -0.955. The van der Waals surface area contributed by atoms with Gasteiger partial charge in [0.2, 0.25) is 5.89 Å². The van der Waals surface area contributed by atoms with Crippen molar-refractivity contribution >= 4 is 23.1 Å². The predicted molar refractivity (Wildman–Crippen MR) is 97.5 cm³/mol. The van der Waals surface area contributed by atoms with Gasteiger partial charge in [-0.3, -0.25) is 35.3 Å². The molecule has 0 atom stereocenters. The summed E-state index contributed by atoms with van der Waals surface area (Å²) < 4.78 is 5.35. The molecule has 3 rings (SSSR count). The van der Waals surface area contributed by atoms with Crippen LogP contribution in [0.5, 0.6) is 5.75 Å². The molecule has 0 spiro atoms. The number of pyridine rings is 1. The van der Waals surface area contributed by atoms with Gasteiger partial charge in [0.05, 0.1) is 32.7 Å². The Morgan fingerprint density at radius 2 is 1.53 bits per heavy atom. The fraction of sp³-hybridized carbons (Fsp3) is 0.133. The third-order valence-electron chi connectivity index (χ3n) is 3.32. The third kappa shape index (κ3) is 5.18. The van der Waals surface area contributed by atoms with Crippen LogP contribution in [0.2, 0.25) is 0 Å². The van der Waals surface area contributed by atoms with Crippen molar-refractivity contribution in [1.82, 2.24) is 15.2 Å². The number of aromatic nitrogens is 3. The number of hydrogen-bond donors (Lipinski definition) is 1. The van der Waals surface area contributed by atoms with Gasteiger partial charge in [-0.1, -0.05) is 5.10 Å². The van der Waals surface area contributed by atoms with Gasteiger partial charge in [-0.25, -0.2) is 0 Å². The number of nitro groups is 3. The van der Waals surface area contributed by atoms with Crippen LogP contribution in [0, 0.1) is 30.3 Å². The minimum atomic E-state index is -1.46. The normalized spacial score (nSPS) is 9.90. The summed E-state index contributed by atoms with van der Waals surface area (Å²) in [6.45, 7) is 2.73. The highest BCUT2D eigenvalue weighted by atomic mass is 16.6. The summed E-state index contributed by atoms with van der Waals surface area (Å²) in [6, 6.07) is 4.86. The van der Waals surface area contributed by atoms with Crippen LogP contribution in [0.15, 0.2) is 41.1 Å². The van der Waals surface area contributed by atoms with Crippen LogP contribution in [0.25, 0.3) is 11.5 Å². The predicted octanol–water partition coefficient (Wildman–Crippen LogP) is 2.05. The number of rotatable bonds is 6. The molecular formula is C15H12N7O8-. The summed E-state index contributed by atoms with van der Waals surface area (Å²) in [5, 5.41) is 52.8. The topological polar surface area (TPSA) is 216 Å². The Hall–Kier alpha value is -4.69. The molecule has 3 aromatic rings. The zero-order valence-corrected chi connectivity index (χ0v) is 15.1. The van der Waals surface area contributed by atoms with Gasteiger partial charge in [0.15, 0.2) is 0 Å². The lowest BCUT2D eigenvalue weighted by atomic mass is 10.2. The molecule has 2 aromatic heterocycles. The fourth-order valence-corrected chi connectivity index (χ4v) is 2.02. The van der Waals surface area contributed by atoms with E-state index >= 15 is 0 Å². The quantitative estimate of drug-likeness (QED) is 0.449.